The molecular formula is C26H26BrCl2N3O4. The highest BCUT2D eigenvalue weighted by Crippen LogP contribution is 2.33. The summed E-state index contributed by atoms with van der Waals surface area (Å²) >= 11 is 15.9. The van der Waals surface area contributed by atoms with E-state index in [4.69, 9.17) is 38.4 Å². The maximum absolute atomic E-state index is 12.5. The second kappa shape index (κ2) is 13.0. The standard InChI is InChI=1S/C26H26BrCl2N3O4/c1-32(2)15-18-12-17(13-19(27)24(18)30)26(34)36-11-10-35-23(33)14-16-6-3-4-9-22(16)31-25-20(28)7-5-8-21(25)29/h3-9,12-13,31H,10-11,14-15,30H2,1-2H3. The minimum atomic E-state index is -0.530. The van der Waals surface area contributed by atoms with E-state index in [2.05, 4.69) is 21.2 Å². The van der Waals surface area contributed by atoms with E-state index in [0.29, 0.717) is 49.3 Å². The third-order valence-electron chi connectivity index (χ3n) is 5.09. The molecule has 0 aliphatic heterocycles. The van der Waals surface area contributed by atoms with Crippen molar-refractivity contribution in [3.63, 3.8) is 0 Å². The molecule has 0 aromatic heterocycles. The monoisotopic (exact) mass is 593 g/mol. The van der Waals surface area contributed by atoms with Gasteiger partial charge in [-0.1, -0.05) is 47.5 Å². The first-order valence-corrected chi connectivity index (χ1v) is 12.5. The smallest absolute Gasteiger partial charge is 0.338 e. The molecule has 0 saturated heterocycles. The van der Waals surface area contributed by atoms with Gasteiger partial charge in [0, 0.05) is 16.7 Å². The van der Waals surface area contributed by atoms with Gasteiger partial charge in [-0.2, -0.15) is 0 Å². The van der Waals surface area contributed by atoms with Crippen LogP contribution in [-0.4, -0.2) is 44.1 Å². The van der Waals surface area contributed by atoms with E-state index in [1.165, 1.54) is 0 Å². The van der Waals surface area contributed by atoms with Gasteiger partial charge in [0.25, 0.3) is 0 Å². The molecule has 0 radical (unpaired) electrons. The lowest BCUT2D eigenvalue weighted by Gasteiger charge is -2.15. The molecular weight excluding hydrogens is 569 g/mol. The number of hydrogen-bond acceptors (Lipinski definition) is 7. The van der Waals surface area contributed by atoms with E-state index in [1.807, 2.05) is 37.2 Å². The molecule has 3 aromatic carbocycles. The number of carbonyl (C=O) groups is 2. The van der Waals surface area contributed by atoms with Gasteiger partial charge in [-0.3, -0.25) is 4.79 Å². The van der Waals surface area contributed by atoms with Gasteiger partial charge >= 0.3 is 11.9 Å². The lowest BCUT2D eigenvalue weighted by molar-refractivity contribution is -0.143. The Morgan fingerprint density at radius 2 is 1.64 bits per heavy atom. The highest BCUT2D eigenvalue weighted by molar-refractivity contribution is 9.10. The zero-order valence-corrected chi connectivity index (χ0v) is 22.9. The number of carbonyl (C=O) groups excluding carboxylic acids is 2. The fraction of sp³-hybridized carbons (Fsp3) is 0.231. The number of halogens is 3. The first-order chi connectivity index (χ1) is 17.2. The molecule has 3 rings (SSSR count). The Bertz CT molecular complexity index is 1230. The van der Waals surface area contributed by atoms with Crippen LogP contribution in [0.3, 0.4) is 0 Å². The molecule has 0 unspecified atom stereocenters. The van der Waals surface area contributed by atoms with Gasteiger partial charge in [0.15, 0.2) is 0 Å². The van der Waals surface area contributed by atoms with Gasteiger partial charge < -0.3 is 25.4 Å². The lowest BCUT2D eigenvalue weighted by Crippen LogP contribution is -2.17. The molecule has 0 spiro atoms. The van der Waals surface area contributed by atoms with Crippen LogP contribution in [0.5, 0.6) is 0 Å². The predicted octanol–water partition coefficient (Wildman–Crippen LogP) is 6.09. The highest BCUT2D eigenvalue weighted by Gasteiger charge is 2.15. The quantitative estimate of drug-likeness (QED) is 0.167. The predicted molar refractivity (Wildman–Crippen MR) is 147 cm³/mol. The second-order valence-electron chi connectivity index (χ2n) is 8.18. The molecule has 10 heteroatoms. The Morgan fingerprint density at radius 3 is 2.33 bits per heavy atom. The number of nitrogens with two attached hydrogens (primary N) is 1. The molecule has 0 bridgehead atoms. The largest absolute Gasteiger partial charge is 0.462 e. The number of esters is 2. The van der Waals surface area contributed by atoms with Crippen molar-refractivity contribution in [2.24, 2.45) is 0 Å². The molecule has 0 heterocycles. The minimum Gasteiger partial charge on any atom is -0.462 e. The SMILES string of the molecule is CN(C)Cc1cc(C(=O)OCCOC(=O)Cc2ccccc2Nc2c(Cl)cccc2Cl)cc(Br)c1N. The number of rotatable bonds is 10. The van der Waals surface area contributed by atoms with Crippen LogP contribution in [0.15, 0.2) is 59.1 Å². The van der Waals surface area contributed by atoms with Crippen molar-refractivity contribution >= 4 is 68.1 Å². The van der Waals surface area contributed by atoms with Crippen molar-refractivity contribution in [2.75, 3.05) is 38.4 Å². The number of benzene rings is 3. The number of nitrogen functional groups attached to an aromatic ring is 1. The second-order valence-corrected chi connectivity index (χ2v) is 9.85. The van der Waals surface area contributed by atoms with Crippen LogP contribution < -0.4 is 11.1 Å². The van der Waals surface area contributed by atoms with Crippen LogP contribution in [0.25, 0.3) is 0 Å². The van der Waals surface area contributed by atoms with Gasteiger partial charge in [0.05, 0.1) is 33.4 Å². The zero-order valence-electron chi connectivity index (χ0n) is 19.8. The van der Waals surface area contributed by atoms with Crippen molar-refractivity contribution in [1.29, 1.82) is 0 Å². The first kappa shape index (κ1) is 27.8. The average Bonchev–Trinajstić information content (AvgIpc) is 2.82. The molecule has 7 nitrogen and oxygen atoms in total. The van der Waals surface area contributed by atoms with E-state index < -0.39 is 11.9 Å². The normalized spacial score (nSPS) is 10.8. The number of ether oxygens (including phenoxy) is 2. The molecule has 0 saturated carbocycles. The summed E-state index contributed by atoms with van der Waals surface area (Å²) in [7, 11) is 3.82. The maximum Gasteiger partial charge on any atom is 0.338 e. The van der Waals surface area contributed by atoms with Crippen molar-refractivity contribution < 1.29 is 19.1 Å². The van der Waals surface area contributed by atoms with Crippen LogP contribution in [0.1, 0.15) is 21.5 Å². The van der Waals surface area contributed by atoms with E-state index in [-0.39, 0.29) is 19.6 Å². The number of hydrogen-bond donors (Lipinski definition) is 2. The van der Waals surface area contributed by atoms with Gasteiger partial charge in [0.1, 0.15) is 13.2 Å². The number of nitrogens with one attached hydrogen (secondary N) is 1. The molecule has 3 N–H and O–H groups in total. The lowest BCUT2D eigenvalue weighted by atomic mass is 10.1. The van der Waals surface area contributed by atoms with Crippen LogP contribution in [0.4, 0.5) is 17.1 Å². The molecule has 0 aliphatic rings. The van der Waals surface area contributed by atoms with Gasteiger partial charge in [0.2, 0.25) is 0 Å². The first-order valence-electron chi connectivity index (χ1n) is 11.0. The molecule has 190 valence electrons. The third-order valence-corrected chi connectivity index (χ3v) is 6.38. The number of anilines is 3. The van der Waals surface area contributed by atoms with Crippen molar-refractivity contribution in [3.8, 4) is 0 Å². The van der Waals surface area contributed by atoms with E-state index in [1.54, 1.807) is 36.4 Å². The molecule has 3 aromatic rings. The zero-order chi connectivity index (χ0) is 26.2. The van der Waals surface area contributed by atoms with Gasteiger partial charge in [-0.25, -0.2) is 4.79 Å². The maximum atomic E-state index is 12.5. The van der Waals surface area contributed by atoms with Gasteiger partial charge in [-0.05, 0) is 71.5 Å². The molecule has 0 amide bonds. The van der Waals surface area contributed by atoms with E-state index >= 15 is 0 Å². The van der Waals surface area contributed by atoms with Crippen molar-refractivity contribution in [2.45, 2.75) is 13.0 Å². The van der Waals surface area contributed by atoms with Crippen LogP contribution in [-0.2, 0) is 27.2 Å². The van der Waals surface area contributed by atoms with E-state index in [0.717, 1.165) is 5.56 Å². The Balaban J connectivity index is 1.54. The molecule has 0 fully saturated rings. The van der Waals surface area contributed by atoms with Crippen LogP contribution in [0.2, 0.25) is 10.0 Å². The molecule has 36 heavy (non-hydrogen) atoms. The molecule has 0 aliphatic carbocycles. The fourth-order valence-electron chi connectivity index (χ4n) is 3.39. The van der Waals surface area contributed by atoms with E-state index in [9.17, 15) is 9.59 Å². The summed E-state index contributed by atoms with van der Waals surface area (Å²) in [5, 5.41) is 4.11. The van der Waals surface area contributed by atoms with Gasteiger partial charge in [-0.15, -0.1) is 0 Å². The Labute approximate surface area is 228 Å². The summed E-state index contributed by atoms with van der Waals surface area (Å²) in [6.07, 6.45) is 0.0119. The van der Waals surface area contributed by atoms with Crippen LogP contribution >= 0.6 is 39.1 Å². The Hall–Kier alpha value is -2.78. The molecule has 0 atom stereocenters. The van der Waals surface area contributed by atoms with Crippen molar-refractivity contribution in [1.82, 2.24) is 4.90 Å². The summed E-state index contributed by atoms with van der Waals surface area (Å²) in [5.74, 6) is -0.994. The van der Waals surface area contributed by atoms with Crippen molar-refractivity contribution in [3.05, 3.63) is 85.8 Å². The highest BCUT2D eigenvalue weighted by atomic mass is 79.9. The van der Waals surface area contributed by atoms with Crippen LogP contribution in [0, 0.1) is 0 Å². The topological polar surface area (TPSA) is 93.9 Å². The summed E-state index contributed by atoms with van der Waals surface area (Å²) in [6, 6.07) is 15.8. The Kier molecular flexibility index (Phi) is 10.0. The summed E-state index contributed by atoms with van der Waals surface area (Å²) in [4.78, 5) is 26.9. The Morgan fingerprint density at radius 1 is 0.972 bits per heavy atom. The number of para-hydroxylation sites is 2. The average molecular weight is 595 g/mol. The summed E-state index contributed by atoms with van der Waals surface area (Å²) < 4.78 is 11.2. The summed E-state index contributed by atoms with van der Waals surface area (Å²) in [5.41, 5.74) is 9.75. The minimum absolute atomic E-state index is 0.0119. The number of nitrogens with zero attached hydrogens (tertiary/aromatic N) is 1. The third kappa shape index (κ3) is 7.61. The fourth-order valence-corrected chi connectivity index (χ4v) is 4.39. The summed E-state index contributed by atoms with van der Waals surface area (Å²) in [6.45, 7) is 0.421.